The lowest BCUT2D eigenvalue weighted by molar-refractivity contribution is -0.167. The Morgan fingerprint density at radius 3 is 2.59 bits per heavy atom. The number of carbonyl (C=O) groups excluding carboxylic acids is 1. The average Bonchev–Trinajstić information content (AvgIpc) is 2.21. The Kier molecular flexibility index (Phi) is 3.93. The Morgan fingerprint density at radius 1 is 1.47 bits per heavy atom. The molecule has 7 heteroatoms. The predicted molar refractivity (Wildman–Crippen MR) is 54.8 cm³/mol. The monoisotopic (exact) mass is 248 g/mol. The molecule has 1 rings (SSSR count). The smallest absolute Gasteiger partial charge is 0.471 e. The van der Waals surface area contributed by atoms with Crippen LogP contribution in [0.25, 0.3) is 0 Å². The number of alkyl halides is 3. The molecule has 0 bridgehead atoms. The number of rotatable bonds is 3. The van der Waals surface area contributed by atoms with Crippen LogP contribution in [-0.4, -0.2) is 23.7 Å². The van der Waals surface area contributed by atoms with E-state index in [-0.39, 0.29) is 11.4 Å². The molecule has 1 aromatic heterocycles. The Labute approximate surface area is 95.8 Å². The highest BCUT2D eigenvalue weighted by molar-refractivity contribution is 5.95. The summed E-state index contributed by atoms with van der Waals surface area (Å²) in [5, 5.41) is 1.74. The van der Waals surface area contributed by atoms with E-state index in [0.29, 0.717) is 12.5 Å². The fraction of sp³-hybridized carbons (Fsp3) is 0.400. The van der Waals surface area contributed by atoms with E-state index in [1.165, 1.54) is 19.1 Å². The molecule has 0 aliphatic rings. The first-order valence-electron chi connectivity index (χ1n) is 4.83. The van der Waals surface area contributed by atoms with Crippen molar-refractivity contribution in [1.82, 2.24) is 4.98 Å². The first kappa shape index (κ1) is 13.3. The number of anilines is 1. The van der Waals surface area contributed by atoms with Gasteiger partial charge in [-0.2, -0.15) is 13.2 Å². The zero-order valence-corrected chi connectivity index (χ0v) is 9.26. The van der Waals surface area contributed by atoms with E-state index in [2.05, 4.69) is 4.98 Å². The van der Waals surface area contributed by atoms with Gasteiger partial charge >= 0.3 is 12.1 Å². The maximum atomic E-state index is 12.0. The highest BCUT2D eigenvalue weighted by atomic mass is 19.4. The van der Waals surface area contributed by atoms with Gasteiger partial charge in [-0.15, -0.1) is 0 Å². The third-order valence-corrected chi connectivity index (χ3v) is 1.86. The predicted octanol–water partition coefficient (Wildman–Crippen LogP) is 2.29. The van der Waals surface area contributed by atoms with E-state index < -0.39 is 12.1 Å². The Balaban J connectivity index is 2.83. The molecule has 94 valence electrons. The summed E-state index contributed by atoms with van der Waals surface area (Å²) in [5.74, 6) is -1.72. The molecule has 1 aromatic rings. The Bertz CT molecular complexity index is 419. The lowest BCUT2D eigenvalue weighted by atomic mass is 10.3. The van der Waals surface area contributed by atoms with Crippen molar-refractivity contribution in [3.05, 3.63) is 17.8 Å². The molecule has 1 heterocycles. The number of nitrogens with zero attached hydrogens (tertiary/aromatic N) is 1. The molecule has 0 saturated carbocycles. The average molecular weight is 248 g/mol. The van der Waals surface area contributed by atoms with Crippen LogP contribution >= 0.6 is 0 Å². The van der Waals surface area contributed by atoms with Gasteiger partial charge in [0.1, 0.15) is 0 Å². The lowest BCUT2D eigenvalue weighted by Gasteiger charge is -2.10. The van der Waals surface area contributed by atoms with Crippen LogP contribution in [-0.2, 0) is 4.79 Å². The lowest BCUT2D eigenvalue weighted by Crippen LogP contribution is -2.30. The van der Waals surface area contributed by atoms with Crippen LogP contribution in [0.1, 0.15) is 12.6 Å². The van der Waals surface area contributed by atoms with Crippen molar-refractivity contribution in [2.24, 2.45) is 0 Å². The highest BCUT2D eigenvalue weighted by Gasteiger charge is 2.38. The first-order chi connectivity index (χ1) is 7.84. The Hall–Kier alpha value is -1.79. The van der Waals surface area contributed by atoms with Crippen LogP contribution in [0.2, 0.25) is 0 Å². The number of aryl methyl sites for hydroxylation is 1. The fourth-order valence-electron chi connectivity index (χ4n) is 1.09. The molecule has 0 radical (unpaired) electrons. The summed E-state index contributed by atoms with van der Waals surface area (Å²) in [4.78, 5) is 14.6. The minimum Gasteiger partial charge on any atom is -0.478 e. The molecular formula is C10H11F3N2O2. The van der Waals surface area contributed by atoms with Crippen LogP contribution in [0.15, 0.2) is 12.1 Å². The molecule has 1 amide bonds. The molecular weight excluding hydrogens is 237 g/mol. The topological polar surface area (TPSA) is 51.2 Å². The van der Waals surface area contributed by atoms with Gasteiger partial charge in [0.15, 0.2) is 0 Å². The van der Waals surface area contributed by atoms with Crippen LogP contribution < -0.4 is 10.1 Å². The van der Waals surface area contributed by atoms with Gasteiger partial charge in [0, 0.05) is 6.07 Å². The zero-order chi connectivity index (χ0) is 13.1. The van der Waals surface area contributed by atoms with Gasteiger partial charge in [-0.1, -0.05) is 0 Å². The summed E-state index contributed by atoms with van der Waals surface area (Å²) < 4.78 is 41.1. The summed E-state index contributed by atoms with van der Waals surface area (Å²) in [6.45, 7) is 3.64. The number of hydrogen-bond donors (Lipinski definition) is 1. The summed E-state index contributed by atoms with van der Waals surface area (Å²) in [7, 11) is 0. The Morgan fingerprint density at radius 2 is 2.12 bits per heavy atom. The van der Waals surface area contributed by atoms with Gasteiger partial charge < -0.3 is 10.1 Å². The van der Waals surface area contributed by atoms with Gasteiger partial charge in [0.2, 0.25) is 5.88 Å². The molecule has 17 heavy (non-hydrogen) atoms. The van der Waals surface area contributed by atoms with Crippen molar-refractivity contribution in [1.29, 1.82) is 0 Å². The minimum absolute atomic E-state index is 0.00998. The number of amides is 1. The number of carbonyl (C=O) groups is 1. The van der Waals surface area contributed by atoms with Gasteiger partial charge in [-0.25, -0.2) is 4.98 Å². The molecule has 4 nitrogen and oxygen atoms in total. The fourth-order valence-corrected chi connectivity index (χ4v) is 1.09. The van der Waals surface area contributed by atoms with Gasteiger partial charge in [-0.3, -0.25) is 4.79 Å². The summed E-state index contributed by atoms with van der Waals surface area (Å²) in [5.41, 5.74) is 0.268. The van der Waals surface area contributed by atoms with E-state index in [4.69, 9.17) is 4.74 Å². The van der Waals surface area contributed by atoms with Gasteiger partial charge in [0.25, 0.3) is 0 Å². The van der Waals surface area contributed by atoms with E-state index in [1.807, 2.05) is 0 Å². The van der Waals surface area contributed by atoms with Crippen LogP contribution in [0, 0.1) is 6.92 Å². The van der Waals surface area contributed by atoms with E-state index >= 15 is 0 Å². The van der Waals surface area contributed by atoms with E-state index in [1.54, 1.807) is 12.2 Å². The van der Waals surface area contributed by atoms with E-state index in [9.17, 15) is 18.0 Å². The third-order valence-electron chi connectivity index (χ3n) is 1.86. The van der Waals surface area contributed by atoms with Crippen molar-refractivity contribution < 1.29 is 22.7 Å². The van der Waals surface area contributed by atoms with Crippen molar-refractivity contribution in [2.75, 3.05) is 11.9 Å². The number of hydrogen-bond acceptors (Lipinski definition) is 3. The van der Waals surface area contributed by atoms with Crippen molar-refractivity contribution in [3.8, 4) is 5.88 Å². The van der Waals surface area contributed by atoms with Gasteiger partial charge in [-0.05, 0) is 19.9 Å². The van der Waals surface area contributed by atoms with Crippen LogP contribution in [0.4, 0.5) is 18.9 Å². The molecule has 0 spiro atoms. The summed E-state index contributed by atoms with van der Waals surface area (Å²) >= 11 is 0. The molecule has 0 aromatic carbocycles. The standard InChI is InChI=1S/C10H11F3N2O2/c1-3-17-8-5-4-7(6(2)14-8)15-9(16)10(11,12)13/h4-5H,3H2,1-2H3,(H,15,16). The van der Waals surface area contributed by atoms with Crippen molar-refractivity contribution >= 4 is 11.6 Å². The first-order valence-corrected chi connectivity index (χ1v) is 4.83. The van der Waals surface area contributed by atoms with Gasteiger partial charge in [0.05, 0.1) is 18.0 Å². The maximum Gasteiger partial charge on any atom is 0.471 e. The molecule has 0 aliphatic carbocycles. The van der Waals surface area contributed by atoms with Crippen LogP contribution in [0.5, 0.6) is 5.88 Å². The number of pyridine rings is 1. The zero-order valence-electron chi connectivity index (χ0n) is 9.26. The molecule has 0 unspecified atom stereocenters. The summed E-state index contributed by atoms with van der Waals surface area (Å²) in [6, 6.07) is 2.71. The molecule has 1 N–H and O–H groups in total. The number of aromatic nitrogens is 1. The number of nitrogens with one attached hydrogen (secondary N) is 1. The maximum absolute atomic E-state index is 12.0. The highest BCUT2D eigenvalue weighted by Crippen LogP contribution is 2.21. The minimum atomic E-state index is -4.91. The molecule has 0 saturated heterocycles. The number of halogens is 3. The second-order valence-corrected chi connectivity index (χ2v) is 3.17. The van der Waals surface area contributed by atoms with Crippen molar-refractivity contribution in [2.45, 2.75) is 20.0 Å². The summed E-state index contributed by atoms with van der Waals surface area (Å²) in [6.07, 6.45) is -4.91. The van der Waals surface area contributed by atoms with E-state index in [0.717, 1.165) is 0 Å². The van der Waals surface area contributed by atoms with Crippen LogP contribution in [0.3, 0.4) is 0 Å². The quantitative estimate of drug-likeness (QED) is 0.892. The molecule has 0 atom stereocenters. The molecule has 0 fully saturated rings. The molecule has 0 aliphatic heterocycles. The SMILES string of the molecule is CCOc1ccc(NC(=O)C(F)(F)F)c(C)n1. The largest absolute Gasteiger partial charge is 0.478 e. The third kappa shape index (κ3) is 3.61. The second kappa shape index (κ2) is 5.03. The number of ether oxygens (including phenoxy) is 1. The van der Waals surface area contributed by atoms with Crippen molar-refractivity contribution in [3.63, 3.8) is 0 Å². The normalized spacial score (nSPS) is 11.1. The second-order valence-electron chi connectivity index (χ2n) is 3.17.